The molecule has 1 heterocycles. The molecular weight excluding hydrogens is 330 g/mol. The summed E-state index contributed by atoms with van der Waals surface area (Å²) in [6, 6.07) is 6.77. The molecule has 2 aromatic rings. The minimum absolute atomic E-state index is 0.243. The van der Waals surface area contributed by atoms with Gasteiger partial charge in [0.05, 0.1) is 16.4 Å². The maximum atomic E-state index is 12.1. The molecule has 0 aliphatic heterocycles. The minimum atomic E-state index is -0.243. The van der Waals surface area contributed by atoms with Gasteiger partial charge in [-0.1, -0.05) is 11.6 Å². The van der Waals surface area contributed by atoms with Gasteiger partial charge in [-0.2, -0.15) is 0 Å². The van der Waals surface area contributed by atoms with Crippen LogP contribution in [0.3, 0.4) is 0 Å². The Bertz CT molecular complexity index is 646. The zero-order chi connectivity index (χ0) is 14.0. The molecule has 0 saturated carbocycles. The molecule has 1 aromatic heterocycles. The Kier molecular flexibility index (Phi) is 4.07. The maximum absolute atomic E-state index is 12.1. The number of nitrogen functional groups attached to an aromatic ring is 1. The Morgan fingerprint density at radius 3 is 2.79 bits per heavy atom. The van der Waals surface area contributed by atoms with E-state index < -0.39 is 0 Å². The molecule has 0 saturated heterocycles. The number of rotatable bonds is 2. The van der Waals surface area contributed by atoms with Crippen molar-refractivity contribution in [2.75, 3.05) is 11.1 Å². The van der Waals surface area contributed by atoms with Gasteiger partial charge in [0.2, 0.25) is 0 Å². The molecule has 1 aromatic carbocycles. The molecule has 3 N–H and O–H groups in total. The van der Waals surface area contributed by atoms with Gasteiger partial charge in [-0.15, -0.1) is 0 Å². The van der Waals surface area contributed by atoms with Crippen LogP contribution in [0.25, 0.3) is 0 Å². The van der Waals surface area contributed by atoms with E-state index in [-0.39, 0.29) is 5.91 Å². The molecule has 0 radical (unpaired) electrons. The van der Waals surface area contributed by atoms with Gasteiger partial charge in [-0.05, 0) is 52.7 Å². The van der Waals surface area contributed by atoms with Crippen molar-refractivity contribution in [1.82, 2.24) is 4.98 Å². The lowest BCUT2D eigenvalue weighted by Gasteiger charge is -2.09. The molecule has 19 heavy (non-hydrogen) atoms. The van der Waals surface area contributed by atoms with E-state index in [9.17, 15) is 4.79 Å². The Morgan fingerprint density at radius 1 is 1.42 bits per heavy atom. The van der Waals surface area contributed by atoms with Crippen molar-refractivity contribution in [3.8, 4) is 0 Å². The Hall–Kier alpha value is -1.59. The van der Waals surface area contributed by atoms with E-state index in [1.165, 1.54) is 6.20 Å². The molecule has 0 aliphatic rings. The smallest absolute Gasteiger partial charge is 0.257 e. The molecule has 0 bridgehead atoms. The molecular formula is C13H11BrClN3O. The number of hydrogen-bond acceptors (Lipinski definition) is 3. The van der Waals surface area contributed by atoms with Crippen LogP contribution in [0.1, 0.15) is 15.9 Å². The molecule has 6 heteroatoms. The Balaban J connectivity index is 2.25. The number of anilines is 2. The maximum Gasteiger partial charge on any atom is 0.257 e. The summed E-state index contributed by atoms with van der Waals surface area (Å²) < 4.78 is 0.632. The van der Waals surface area contributed by atoms with Crippen molar-refractivity contribution in [3.05, 3.63) is 51.1 Å². The summed E-state index contributed by atoms with van der Waals surface area (Å²) in [7, 11) is 0. The number of pyridine rings is 1. The first kappa shape index (κ1) is 13.8. The third kappa shape index (κ3) is 3.24. The lowest BCUT2D eigenvalue weighted by atomic mass is 10.1. The number of carbonyl (C=O) groups excluding carboxylic acids is 1. The third-order valence-electron chi connectivity index (χ3n) is 2.53. The Morgan fingerprint density at radius 2 is 2.16 bits per heavy atom. The molecule has 4 nitrogen and oxygen atoms in total. The Labute approximate surface area is 124 Å². The number of carbonyl (C=O) groups is 1. The van der Waals surface area contributed by atoms with Gasteiger partial charge in [0, 0.05) is 10.6 Å². The van der Waals surface area contributed by atoms with Gasteiger partial charge >= 0.3 is 0 Å². The van der Waals surface area contributed by atoms with Crippen LogP contribution < -0.4 is 11.1 Å². The molecule has 0 aliphatic carbocycles. The molecule has 0 fully saturated rings. The third-order valence-corrected chi connectivity index (χ3v) is 3.37. The zero-order valence-electron chi connectivity index (χ0n) is 10.1. The number of nitrogens with zero attached hydrogens (tertiary/aromatic N) is 1. The second-order valence-electron chi connectivity index (χ2n) is 4.01. The van der Waals surface area contributed by atoms with Crippen LogP contribution in [0.15, 0.2) is 34.9 Å². The fourth-order valence-electron chi connectivity index (χ4n) is 1.60. The first-order valence-corrected chi connectivity index (χ1v) is 6.63. The summed E-state index contributed by atoms with van der Waals surface area (Å²) in [4.78, 5) is 16.2. The van der Waals surface area contributed by atoms with Gasteiger partial charge < -0.3 is 11.1 Å². The van der Waals surface area contributed by atoms with Crippen molar-refractivity contribution < 1.29 is 4.79 Å². The summed E-state index contributed by atoms with van der Waals surface area (Å²) >= 11 is 9.16. The zero-order valence-corrected chi connectivity index (χ0v) is 12.4. The number of aryl methyl sites for hydroxylation is 1. The second-order valence-corrected chi connectivity index (χ2v) is 5.30. The van der Waals surface area contributed by atoms with E-state index in [0.29, 0.717) is 26.6 Å². The van der Waals surface area contributed by atoms with Crippen molar-refractivity contribution in [2.45, 2.75) is 6.92 Å². The van der Waals surface area contributed by atoms with Crippen molar-refractivity contribution in [3.63, 3.8) is 0 Å². The summed E-state index contributed by atoms with van der Waals surface area (Å²) in [5.41, 5.74) is 7.46. The summed E-state index contributed by atoms with van der Waals surface area (Å²) in [5, 5.41) is 3.32. The fourth-order valence-corrected chi connectivity index (χ4v) is 2.29. The van der Waals surface area contributed by atoms with Gasteiger partial charge in [0.1, 0.15) is 5.82 Å². The first-order chi connectivity index (χ1) is 8.97. The summed E-state index contributed by atoms with van der Waals surface area (Å²) in [6.45, 7) is 1.83. The van der Waals surface area contributed by atoms with Crippen molar-refractivity contribution in [2.24, 2.45) is 0 Å². The molecule has 2 rings (SSSR count). The fraction of sp³-hybridized carbons (Fsp3) is 0.0769. The van der Waals surface area contributed by atoms with E-state index in [1.54, 1.807) is 24.3 Å². The molecule has 0 spiro atoms. The van der Waals surface area contributed by atoms with Crippen LogP contribution in [0.4, 0.5) is 11.5 Å². The number of nitrogens with one attached hydrogen (secondary N) is 1. The summed E-state index contributed by atoms with van der Waals surface area (Å²) in [5.74, 6) is 0.181. The lowest BCUT2D eigenvalue weighted by molar-refractivity contribution is 0.102. The number of nitrogens with two attached hydrogens (primary N) is 1. The van der Waals surface area contributed by atoms with Crippen LogP contribution in [0, 0.1) is 6.92 Å². The highest BCUT2D eigenvalue weighted by atomic mass is 79.9. The van der Waals surface area contributed by atoms with E-state index in [0.717, 1.165) is 5.56 Å². The highest BCUT2D eigenvalue weighted by Crippen LogP contribution is 2.23. The van der Waals surface area contributed by atoms with Crippen molar-refractivity contribution >= 4 is 44.9 Å². The van der Waals surface area contributed by atoms with E-state index in [2.05, 4.69) is 26.2 Å². The predicted molar refractivity (Wildman–Crippen MR) is 80.5 cm³/mol. The average Bonchev–Trinajstić information content (AvgIpc) is 2.32. The minimum Gasteiger partial charge on any atom is -0.397 e. The number of benzene rings is 1. The number of aromatic nitrogens is 1. The molecule has 0 atom stereocenters. The van der Waals surface area contributed by atoms with E-state index in [4.69, 9.17) is 17.3 Å². The van der Waals surface area contributed by atoms with Crippen molar-refractivity contribution in [1.29, 1.82) is 0 Å². The molecule has 0 unspecified atom stereocenters. The normalized spacial score (nSPS) is 10.3. The van der Waals surface area contributed by atoms with E-state index in [1.807, 2.05) is 6.92 Å². The van der Waals surface area contributed by atoms with Crippen LogP contribution in [-0.4, -0.2) is 10.9 Å². The predicted octanol–water partition coefficient (Wildman–Crippen LogP) is 3.64. The molecule has 98 valence electrons. The second kappa shape index (κ2) is 5.59. The van der Waals surface area contributed by atoms with Crippen LogP contribution in [0.2, 0.25) is 5.02 Å². The van der Waals surface area contributed by atoms with Crippen LogP contribution in [-0.2, 0) is 0 Å². The van der Waals surface area contributed by atoms with Crippen LogP contribution in [0.5, 0.6) is 0 Å². The monoisotopic (exact) mass is 339 g/mol. The van der Waals surface area contributed by atoms with Gasteiger partial charge in [-0.3, -0.25) is 4.79 Å². The number of amides is 1. The lowest BCUT2D eigenvalue weighted by Crippen LogP contribution is -2.14. The first-order valence-electron chi connectivity index (χ1n) is 5.46. The van der Waals surface area contributed by atoms with Crippen LogP contribution >= 0.6 is 27.5 Å². The standard InChI is InChI=1S/C13H11BrClN3O/c1-7-4-8(15)2-3-10(7)13(19)18-12-11(14)5-9(16)6-17-12/h2-6H,16H2,1H3,(H,17,18,19). The topological polar surface area (TPSA) is 68.0 Å². The average molecular weight is 341 g/mol. The quantitative estimate of drug-likeness (QED) is 0.877. The summed E-state index contributed by atoms with van der Waals surface area (Å²) in [6.07, 6.45) is 1.48. The number of hydrogen-bond donors (Lipinski definition) is 2. The number of halogens is 2. The van der Waals surface area contributed by atoms with Gasteiger partial charge in [-0.25, -0.2) is 4.98 Å². The van der Waals surface area contributed by atoms with E-state index >= 15 is 0 Å². The van der Waals surface area contributed by atoms with Gasteiger partial charge in [0.25, 0.3) is 5.91 Å². The highest BCUT2D eigenvalue weighted by molar-refractivity contribution is 9.10. The van der Waals surface area contributed by atoms with Gasteiger partial charge in [0.15, 0.2) is 0 Å². The SMILES string of the molecule is Cc1cc(Cl)ccc1C(=O)Nc1ncc(N)cc1Br. The molecule has 1 amide bonds. The highest BCUT2D eigenvalue weighted by Gasteiger charge is 2.12. The largest absolute Gasteiger partial charge is 0.397 e.